The van der Waals surface area contributed by atoms with Crippen LogP contribution in [0.25, 0.3) is 0 Å². The molecule has 0 aromatic carbocycles. The molecule has 1 rings (SSSR count). The number of carbonyl (C=O) groups is 1. The maximum absolute atomic E-state index is 10.7. The third-order valence-corrected chi connectivity index (χ3v) is 1.31. The van der Waals surface area contributed by atoms with Crippen LogP contribution in [0.1, 0.15) is 0 Å². The predicted molar refractivity (Wildman–Crippen MR) is 41.1 cm³/mol. The Bertz CT molecular complexity index is 270. The van der Waals surface area contributed by atoms with Gasteiger partial charge in [-0.05, 0) is 0 Å². The standard InChI is InChI=1S/C6H10N4O2/c1-12-5-2-8-10(3-5)4-6(11)9-7/h2-3H,4,7H2,1H3,(H,9,11). The van der Waals surface area contributed by atoms with Crippen LogP contribution < -0.4 is 16.0 Å². The number of nitrogens with one attached hydrogen (secondary N) is 1. The van der Waals surface area contributed by atoms with Gasteiger partial charge in [-0.3, -0.25) is 14.9 Å². The second kappa shape index (κ2) is 3.72. The summed E-state index contributed by atoms with van der Waals surface area (Å²) in [5.41, 5.74) is 2.00. The largest absolute Gasteiger partial charge is 0.493 e. The zero-order valence-corrected chi connectivity index (χ0v) is 6.65. The molecule has 0 fully saturated rings. The Hall–Kier alpha value is -1.56. The highest BCUT2D eigenvalue weighted by Crippen LogP contribution is 2.05. The molecule has 0 aliphatic carbocycles. The highest BCUT2D eigenvalue weighted by atomic mass is 16.5. The van der Waals surface area contributed by atoms with Gasteiger partial charge in [0.1, 0.15) is 6.54 Å². The molecule has 1 heterocycles. The molecule has 0 bridgehead atoms. The van der Waals surface area contributed by atoms with Crippen molar-refractivity contribution in [3.05, 3.63) is 12.4 Å². The molecule has 0 unspecified atom stereocenters. The number of hydrazine groups is 1. The lowest BCUT2D eigenvalue weighted by Gasteiger charge is -1.98. The first kappa shape index (κ1) is 8.54. The van der Waals surface area contributed by atoms with Crippen LogP contribution in [-0.4, -0.2) is 22.8 Å². The minimum Gasteiger partial charge on any atom is -0.493 e. The Labute approximate surface area is 69.3 Å². The summed E-state index contributed by atoms with van der Waals surface area (Å²) < 4.78 is 6.30. The van der Waals surface area contributed by atoms with Crippen LogP contribution in [-0.2, 0) is 11.3 Å². The van der Waals surface area contributed by atoms with Gasteiger partial charge in [-0.1, -0.05) is 0 Å². The number of nitrogens with two attached hydrogens (primary N) is 1. The number of hydrogen-bond acceptors (Lipinski definition) is 4. The van der Waals surface area contributed by atoms with E-state index in [1.807, 2.05) is 5.43 Å². The molecule has 1 aromatic heterocycles. The van der Waals surface area contributed by atoms with Crippen molar-refractivity contribution in [2.24, 2.45) is 5.84 Å². The molecule has 6 heteroatoms. The quantitative estimate of drug-likeness (QED) is 0.342. The van der Waals surface area contributed by atoms with Crippen molar-refractivity contribution < 1.29 is 9.53 Å². The monoisotopic (exact) mass is 170 g/mol. The molecule has 3 N–H and O–H groups in total. The van der Waals surface area contributed by atoms with Gasteiger partial charge in [-0.25, -0.2) is 5.84 Å². The van der Waals surface area contributed by atoms with E-state index < -0.39 is 0 Å². The maximum Gasteiger partial charge on any atom is 0.255 e. The minimum absolute atomic E-state index is 0.0971. The van der Waals surface area contributed by atoms with E-state index in [4.69, 9.17) is 10.6 Å². The SMILES string of the molecule is COc1cnn(CC(=O)NN)c1. The molecule has 0 spiro atoms. The molecule has 0 saturated heterocycles. The summed E-state index contributed by atoms with van der Waals surface area (Å²) in [5, 5.41) is 3.85. The van der Waals surface area contributed by atoms with Crippen molar-refractivity contribution in [3.63, 3.8) is 0 Å². The third-order valence-electron chi connectivity index (χ3n) is 1.31. The summed E-state index contributed by atoms with van der Waals surface area (Å²) in [6.07, 6.45) is 3.12. The van der Waals surface area contributed by atoms with Crippen LogP contribution in [0.15, 0.2) is 12.4 Å². The summed E-state index contributed by atoms with van der Waals surface area (Å²) in [5.74, 6) is 5.19. The topological polar surface area (TPSA) is 82.2 Å². The molecule has 12 heavy (non-hydrogen) atoms. The van der Waals surface area contributed by atoms with E-state index in [0.29, 0.717) is 5.75 Å². The van der Waals surface area contributed by atoms with E-state index >= 15 is 0 Å². The van der Waals surface area contributed by atoms with Crippen molar-refractivity contribution in [1.82, 2.24) is 15.2 Å². The highest BCUT2D eigenvalue weighted by Gasteiger charge is 2.01. The molecular weight excluding hydrogens is 160 g/mol. The maximum atomic E-state index is 10.7. The Morgan fingerprint density at radius 1 is 1.92 bits per heavy atom. The molecule has 0 saturated carbocycles. The minimum atomic E-state index is -0.305. The average molecular weight is 170 g/mol. The molecule has 0 aliphatic heterocycles. The molecule has 0 aliphatic rings. The Morgan fingerprint density at radius 3 is 3.17 bits per heavy atom. The molecule has 1 amide bonds. The first-order valence-corrected chi connectivity index (χ1v) is 3.32. The average Bonchev–Trinajstić information content (AvgIpc) is 2.52. The second-order valence-electron chi connectivity index (χ2n) is 2.15. The number of ether oxygens (including phenoxy) is 1. The van der Waals surface area contributed by atoms with Crippen molar-refractivity contribution in [2.75, 3.05) is 7.11 Å². The fraction of sp³-hybridized carbons (Fsp3) is 0.333. The van der Waals surface area contributed by atoms with Crippen LogP contribution in [0.5, 0.6) is 5.75 Å². The molecule has 6 nitrogen and oxygen atoms in total. The Kier molecular flexibility index (Phi) is 2.65. The van der Waals surface area contributed by atoms with Crippen LogP contribution in [0, 0.1) is 0 Å². The summed E-state index contributed by atoms with van der Waals surface area (Å²) in [6, 6.07) is 0. The summed E-state index contributed by atoms with van der Waals surface area (Å²) in [4.78, 5) is 10.7. The van der Waals surface area contributed by atoms with Gasteiger partial charge in [-0.15, -0.1) is 0 Å². The first-order valence-electron chi connectivity index (χ1n) is 3.32. The molecule has 1 aromatic rings. The van der Waals surface area contributed by atoms with E-state index in [-0.39, 0.29) is 12.5 Å². The highest BCUT2D eigenvalue weighted by molar-refractivity contribution is 5.74. The van der Waals surface area contributed by atoms with Gasteiger partial charge >= 0.3 is 0 Å². The fourth-order valence-corrected chi connectivity index (χ4v) is 0.729. The van der Waals surface area contributed by atoms with Crippen molar-refractivity contribution in [2.45, 2.75) is 6.54 Å². The normalized spacial score (nSPS) is 9.50. The lowest BCUT2D eigenvalue weighted by molar-refractivity contribution is -0.121. The predicted octanol–water partition coefficient (Wildman–Crippen LogP) is -1.12. The van der Waals surface area contributed by atoms with Crippen LogP contribution in [0.4, 0.5) is 0 Å². The summed E-state index contributed by atoms with van der Waals surface area (Å²) in [6.45, 7) is 0.0971. The third kappa shape index (κ3) is 1.96. The molecule has 0 atom stereocenters. The van der Waals surface area contributed by atoms with Gasteiger partial charge in [0.2, 0.25) is 0 Å². The van der Waals surface area contributed by atoms with Gasteiger partial charge in [0.25, 0.3) is 5.91 Å². The van der Waals surface area contributed by atoms with Gasteiger partial charge in [0.05, 0.1) is 19.5 Å². The smallest absolute Gasteiger partial charge is 0.255 e. The van der Waals surface area contributed by atoms with Crippen LogP contribution >= 0.6 is 0 Å². The van der Waals surface area contributed by atoms with Gasteiger partial charge in [0.15, 0.2) is 5.75 Å². The van der Waals surface area contributed by atoms with E-state index in [1.54, 1.807) is 6.20 Å². The first-order chi connectivity index (χ1) is 5.76. The van der Waals surface area contributed by atoms with Crippen LogP contribution in [0.3, 0.4) is 0 Å². The zero-order chi connectivity index (χ0) is 8.97. The number of amides is 1. The van der Waals surface area contributed by atoms with E-state index in [1.165, 1.54) is 18.0 Å². The van der Waals surface area contributed by atoms with Crippen LogP contribution in [0.2, 0.25) is 0 Å². The molecule has 66 valence electrons. The van der Waals surface area contributed by atoms with Gasteiger partial charge in [0, 0.05) is 0 Å². The Balaban J connectivity index is 2.58. The lowest BCUT2D eigenvalue weighted by Crippen LogP contribution is -2.33. The molecule has 0 radical (unpaired) electrons. The molecular formula is C6H10N4O2. The number of methoxy groups -OCH3 is 1. The van der Waals surface area contributed by atoms with Crippen molar-refractivity contribution in [1.29, 1.82) is 0 Å². The summed E-state index contributed by atoms with van der Waals surface area (Å²) >= 11 is 0. The van der Waals surface area contributed by atoms with E-state index in [9.17, 15) is 4.79 Å². The van der Waals surface area contributed by atoms with Gasteiger partial charge in [-0.2, -0.15) is 5.10 Å². The Morgan fingerprint density at radius 2 is 2.67 bits per heavy atom. The van der Waals surface area contributed by atoms with Crippen molar-refractivity contribution in [3.8, 4) is 5.75 Å². The van der Waals surface area contributed by atoms with Gasteiger partial charge < -0.3 is 4.74 Å². The van der Waals surface area contributed by atoms with Crippen molar-refractivity contribution >= 4 is 5.91 Å². The number of carbonyl (C=O) groups excluding carboxylic acids is 1. The zero-order valence-electron chi connectivity index (χ0n) is 6.65. The van der Waals surface area contributed by atoms with E-state index in [2.05, 4.69) is 5.10 Å². The van der Waals surface area contributed by atoms with E-state index in [0.717, 1.165) is 0 Å². The number of hydrogen-bond donors (Lipinski definition) is 2. The second-order valence-corrected chi connectivity index (χ2v) is 2.15. The number of nitrogens with zero attached hydrogens (tertiary/aromatic N) is 2. The lowest BCUT2D eigenvalue weighted by atomic mass is 10.6. The summed E-state index contributed by atoms with van der Waals surface area (Å²) in [7, 11) is 1.53. The number of aromatic nitrogens is 2. The number of rotatable bonds is 3. The fourth-order valence-electron chi connectivity index (χ4n) is 0.729.